The zero-order chi connectivity index (χ0) is 13.9. The first-order valence-electron chi connectivity index (χ1n) is 4.87. The molecule has 0 fully saturated rings. The van der Waals surface area contributed by atoms with E-state index in [1.807, 2.05) is 0 Å². The fourth-order valence-electron chi connectivity index (χ4n) is 1.42. The number of hydrogen-bond donors (Lipinski definition) is 0. The number of methoxy groups -OCH3 is 1. The third-order valence-corrected chi connectivity index (χ3v) is 3.48. The molecule has 0 aliphatic heterocycles. The second-order valence-electron chi connectivity index (χ2n) is 3.59. The maximum Gasteiger partial charge on any atom is 0.348 e. The molecule has 18 heavy (non-hydrogen) atoms. The lowest BCUT2D eigenvalue weighted by atomic mass is 10.2. The fraction of sp³-hybridized carbons (Fsp3) is 0.273. The molecule has 96 valence electrons. The van der Waals surface area contributed by atoms with Crippen LogP contribution in [0.5, 0.6) is 0 Å². The van der Waals surface area contributed by atoms with E-state index in [1.54, 1.807) is 6.07 Å². The number of sulfone groups is 1. The Kier molecular flexibility index (Phi) is 3.93. The number of esters is 1. The van der Waals surface area contributed by atoms with Crippen LogP contribution in [0.1, 0.15) is 5.69 Å². The second-order valence-corrected chi connectivity index (χ2v) is 5.55. The van der Waals surface area contributed by atoms with Gasteiger partial charge in [-0.2, -0.15) is 5.26 Å². The molecule has 0 saturated carbocycles. The van der Waals surface area contributed by atoms with Crippen molar-refractivity contribution in [1.82, 2.24) is 4.57 Å². The predicted octanol–water partition coefficient (Wildman–Crippen LogP) is 0.509. The Morgan fingerprint density at radius 1 is 1.50 bits per heavy atom. The van der Waals surface area contributed by atoms with Gasteiger partial charge in [0.1, 0.15) is 16.7 Å². The lowest BCUT2D eigenvalue weighted by Gasteiger charge is -2.03. The molecular formula is C11H12N2O4S. The summed E-state index contributed by atoms with van der Waals surface area (Å²) in [6.07, 6.45) is 2.36. The minimum atomic E-state index is -3.35. The fourth-order valence-corrected chi connectivity index (χ4v) is 2.34. The van der Waals surface area contributed by atoms with Gasteiger partial charge in [-0.1, -0.05) is 0 Å². The quantitative estimate of drug-likeness (QED) is 0.452. The third-order valence-electron chi connectivity index (χ3n) is 2.31. The number of ether oxygens (including phenoxy) is 1. The Morgan fingerprint density at radius 3 is 2.50 bits per heavy atom. The number of nitrogens with zero attached hydrogens (tertiary/aromatic N) is 2. The van der Waals surface area contributed by atoms with Gasteiger partial charge in [-0.3, -0.25) is 0 Å². The van der Waals surface area contributed by atoms with Gasteiger partial charge in [0, 0.05) is 19.0 Å². The van der Waals surface area contributed by atoms with Crippen molar-refractivity contribution in [3.8, 4) is 6.07 Å². The average Bonchev–Trinajstić information content (AvgIpc) is 2.66. The Bertz CT molecular complexity index is 647. The van der Waals surface area contributed by atoms with Crippen LogP contribution in [0.4, 0.5) is 0 Å². The first kappa shape index (κ1) is 14.0. The third kappa shape index (κ3) is 2.78. The molecule has 1 rings (SSSR count). The summed E-state index contributed by atoms with van der Waals surface area (Å²) in [5.41, 5.74) is 0.233. The molecule has 0 atom stereocenters. The van der Waals surface area contributed by atoms with Crippen LogP contribution < -0.4 is 0 Å². The molecule has 0 saturated heterocycles. The average molecular weight is 268 g/mol. The van der Waals surface area contributed by atoms with Crippen molar-refractivity contribution in [3.63, 3.8) is 0 Å². The highest BCUT2D eigenvalue weighted by Gasteiger charge is 2.15. The van der Waals surface area contributed by atoms with Gasteiger partial charge < -0.3 is 9.30 Å². The number of carbonyl (C=O) groups is 1. The standard InChI is InChI=1S/C11H12N2O4S/c1-13-9(4-5-10(13)18(3,15)16)6-8(7-12)11(14)17-2/h4-6H,1-3H3/b8-6+. The van der Waals surface area contributed by atoms with Gasteiger partial charge in [0.05, 0.1) is 7.11 Å². The molecule has 0 aliphatic rings. The summed E-state index contributed by atoms with van der Waals surface area (Å²) in [6, 6.07) is 4.62. The molecule has 0 N–H and O–H groups in total. The number of aromatic nitrogens is 1. The molecule has 0 radical (unpaired) electrons. The van der Waals surface area contributed by atoms with Crippen LogP contribution in [-0.2, 0) is 26.4 Å². The largest absolute Gasteiger partial charge is 0.465 e. The van der Waals surface area contributed by atoms with E-state index in [0.29, 0.717) is 5.69 Å². The lowest BCUT2D eigenvalue weighted by Crippen LogP contribution is -2.06. The van der Waals surface area contributed by atoms with Crippen LogP contribution >= 0.6 is 0 Å². The van der Waals surface area contributed by atoms with E-state index >= 15 is 0 Å². The van der Waals surface area contributed by atoms with Crippen LogP contribution in [0.3, 0.4) is 0 Å². The summed E-state index contributed by atoms with van der Waals surface area (Å²) in [4.78, 5) is 11.2. The van der Waals surface area contributed by atoms with Crippen molar-refractivity contribution in [3.05, 3.63) is 23.4 Å². The minimum Gasteiger partial charge on any atom is -0.465 e. The van der Waals surface area contributed by atoms with Gasteiger partial charge in [-0.25, -0.2) is 13.2 Å². The van der Waals surface area contributed by atoms with Gasteiger partial charge in [0.15, 0.2) is 9.84 Å². The SMILES string of the molecule is COC(=O)/C(C#N)=C/c1ccc(S(C)(=O)=O)n1C. The van der Waals surface area contributed by atoms with E-state index in [0.717, 1.165) is 6.26 Å². The minimum absolute atomic E-state index is 0.107. The molecule has 6 nitrogen and oxygen atoms in total. The molecule has 1 heterocycles. The first-order chi connectivity index (χ1) is 8.31. The van der Waals surface area contributed by atoms with Crippen molar-refractivity contribution in [1.29, 1.82) is 5.26 Å². The Morgan fingerprint density at radius 2 is 2.11 bits per heavy atom. The van der Waals surface area contributed by atoms with E-state index in [4.69, 9.17) is 5.26 Å². The first-order valence-corrected chi connectivity index (χ1v) is 6.76. The number of nitriles is 1. The van der Waals surface area contributed by atoms with Crippen molar-refractivity contribution < 1.29 is 17.9 Å². The van der Waals surface area contributed by atoms with Crippen LogP contribution in [0.2, 0.25) is 0 Å². The van der Waals surface area contributed by atoms with Crippen molar-refractivity contribution in [2.24, 2.45) is 7.05 Å². The number of rotatable bonds is 3. The van der Waals surface area contributed by atoms with Crippen LogP contribution in [-0.4, -0.2) is 32.3 Å². The Balaban J connectivity index is 3.30. The summed E-state index contributed by atoms with van der Waals surface area (Å²) in [7, 11) is -0.643. The number of hydrogen-bond acceptors (Lipinski definition) is 5. The molecule has 0 bridgehead atoms. The van der Waals surface area contributed by atoms with Gasteiger partial charge in [0.25, 0.3) is 0 Å². The van der Waals surface area contributed by atoms with Crippen molar-refractivity contribution in [2.75, 3.05) is 13.4 Å². The lowest BCUT2D eigenvalue weighted by molar-refractivity contribution is -0.135. The smallest absolute Gasteiger partial charge is 0.348 e. The van der Waals surface area contributed by atoms with E-state index < -0.39 is 15.8 Å². The van der Waals surface area contributed by atoms with E-state index in [1.165, 1.54) is 36.9 Å². The highest BCUT2D eigenvalue weighted by atomic mass is 32.2. The number of carbonyl (C=O) groups excluding carboxylic acids is 1. The van der Waals surface area contributed by atoms with Gasteiger partial charge >= 0.3 is 5.97 Å². The molecule has 1 aromatic heterocycles. The van der Waals surface area contributed by atoms with Crippen molar-refractivity contribution in [2.45, 2.75) is 5.03 Å². The van der Waals surface area contributed by atoms with Crippen LogP contribution in [0.25, 0.3) is 6.08 Å². The zero-order valence-corrected chi connectivity index (χ0v) is 11.0. The molecule has 0 aromatic carbocycles. The molecule has 7 heteroatoms. The Labute approximate surface area is 105 Å². The summed E-state index contributed by atoms with van der Waals surface area (Å²) in [6.45, 7) is 0. The van der Waals surface area contributed by atoms with E-state index in [2.05, 4.69) is 4.74 Å². The van der Waals surface area contributed by atoms with Gasteiger partial charge in [-0.15, -0.1) is 0 Å². The van der Waals surface area contributed by atoms with Crippen molar-refractivity contribution >= 4 is 21.9 Å². The van der Waals surface area contributed by atoms with Gasteiger partial charge in [-0.05, 0) is 18.2 Å². The second kappa shape index (κ2) is 5.06. The Hall–Kier alpha value is -2.07. The maximum absolute atomic E-state index is 11.4. The summed E-state index contributed by atoms with van der Waals surface area (Å²) < 4.78 is 28.6. The monoisotopic (exact) mass is 268 g/mol. The topological polar surface area (TPSA) is 89.2 Å². The normalized spacial score (nSPS) is 12.0. The molecule has 0 aliphatic carbocycles. The molecule has 1 aromatic rings. The molecule has 0 spiro atoms. The van der Waals surface area contributed by atoms with Gasteiger partial charge in [0.2, 0.25) is 0 Å². The summed E-state index contributed by atoms with van der Waals surface area (Å²) >= 11 is 0. The maximum atomic E-state index is 11.4. The highest BCUT2D eigenvalue weighted by molar-refractivity contribution is 7.90. The summed E-state index contributed by atoms with van der Waals surface area (Å²) in [5.74, 6) is -0.764. The van der Waals surface area contributed by atoms with E-state index in [9.17, 15) is 13.2 Å². The predicted molar refractivity (Wildman–Crippen MR) is 64.1 cm³/mol. The molecule has 0 unspecified atom stereocenters. The van der Waals surface area contributed by atoms with Crippen LogP contribution in [0.15, 0.2) is 22.7 Å². The molecule has 0 amide bonds. The van der Waals surface area contributed by atoms with E-state index in [-0.39, 0.29) is 10.6 Å². The van der Waals surface area contributed by atoms with Crippen LogP contribution in [0, 0.1) is 11.3 Å². The highest BCUT2D eigenvalue weighted by Crippen LogP contribution is 2.16. The molecular weight excluding hydrogens is 256 g/mol. The summed E-state index contributed by atoms with van der Waals surface area (Å²) in [5, 5.41) is 8.91. The zero-order valence-electron chi connectivity index (χ0n) is 10.2.